The van der Waals surface area contributed by atoms with Gasteiger partial charge in [0, 0.05) is 25.2 Å². The van der Waals surface area contributed by atoms with E-state index in [1.165, 1.54) is 0 Å². The molecule has 0 radical (unpaired) electrons. The largest absolute Gasteiger partial charge is 0.357 e. The molecule has 0 aromatic heterocycles. The molecule has 1 aromatic rings. The summed E-state index contributed by atoms with van der Waals surface area (Å²) in [5, 5.41) is 33.9. The van der Waals surface area contributed by atoms with Crippen LogP contribution in [0.3, 0.4) is 0 Å². The van der Waals surface area contributed by atoms with Crippen LogP contribution in [-0.2, 0) is 0 Å². The quantitative estimate of drug-likeness (QED) is 0.594. The molecule has 1 aromatic carbocycles. The Balaban J connectivity index is 2.12. The molecular weight excluding hydrogens is 334 g/mol. The van der Waals surface area contributed by atoms with Crippen LogP contribution in [0.25, 0.3) is 0 Å². The Labute approximate surface area is 142 Å². The van der Waals surface area contributed by atoms with Crippen molar-refractivity contribution in [3.8, 4) is 0 Å². The van der Waals surface area contributed by atoms with Crippen LogP contribution in [0.2, 0.25) is 0 Å². The van der Waals surface area contributed by atoms with Gasteiger partial charge >= 0.3 is 11.4 Å². The van der Waals surface area contributed by atoms with Gasteiger partial charge in [0.15, 0.2) is 5.69 Å². The van der Waals surface area contributed by atoms with E-state index in [4.69, 9.17) is 0 Å². The Morgan fingerprint density at radius 3 is 1.80 bits per heavy atom. The highest BCUT2D eigenvalue weighted by atomic mass is 16.6. The predicted octanol–water partition coefficient (Wildman–Crippen LogP) is 2.08. The van der Waals surface area contributed by atoms with Gasteiger partial charge in [-0.05, 0) is 19.9 Å². The first kappa shape index (κ1) is 17.0. The van der Waals surface area contributed by atoms with Crippen LogP contribution in [0.1, 0.15) is 19.3 Å². The third kappa shape index (κ3) is 2.97. The molecule has 2 fully saturated rings. The minimum absolute atomic E-state index is 0.134. The molecular formula is C14H17N5O6. The average molecular weight is 351 g/mol. The zero-order valence-electron chi connectivity index (χ0n) is 13.5. The normalized spacial score (nSPS) is 23.3. The molecule has 2 bridgehead atoms. The Morgan fingerprint density at radius 2 is 1.40 bits per heavy atom. The van der Waals surface area contributed by atoms with Gasteiger partial charge in [0.25, 0.3) is 5.69 Å². The number of likely N-dealkylation sites (N-methyl/N-ethyl adjacent to an activating group) is 1. The molecule has 0 amide bonds. The van der Waals surface area contributed by atoms with Crippen molar-refractivity contribution in [1.29, 1.82) is 0 Å². The van der Waals surface area contributed by atoms with Gasteiger partial charge in [-0.3, -0.25) is 35.2 Å². The second-order valence-corrected chi connectivity index (χ2v) is 6.41. The first-order chi connectivity index (χ1) is 11.8. The van der Waals surface area contributed by atoms with E-state index in [2.05, 4.69) is 4.90 Å². The molecule has 2 aliphatic rings. The molecule has 2 saturated heterocycles. The number of nitrogens with zero attached hydrogens (tertiary/aromatic N) is 5. The molecule has 0 aliphatic carbocycles. The van der Waals surface area contributed by atoms with Crippen molar-refractivity contribution in [2.24, 2.45) is 0 Å². The van der Waals surface area contributed by atoms with Crippen LogP contribution in [-0.4, -0.2) is 51.9 Å². The van der Waals surface area contributed by atoms with Crippen LogP contribution in [0.4, 0.5) is 22.7 Å². The lowest BCUT2D eigenvalue weighted by molar-refractivity contribution is -0.402. The smallest absolute Gasteiger partial charge is 0.306 e. The van der Waals surface area contributed by atoms with Crippen LogP contribution < -0.4 is 4.90 Å². The number of non-ortho nitro benzene ring substituents is 1. The summed E-state index contributed by atoms with van der Waals surface area (Å²) >= 11 is 0. The van der Waals surface area contributed by atoms with Gasteiger partial charge < -0.3 is 4.90 Å². The Hall–Kier alpha value is -2.82. The summed E-state index contributed by atoms with van der Waals surface area (Å²) in [7, 11) is 1.99. The van der Waals surface area contributed by atoms with Gasteiger partial charge in [-0.2, -0.15) is 0 Å². The van der Waals surface area contributed by atoms with E-state index in [-0.39, 0.29) is 17.8 Å². The maximum absolute atomic E-state index is 11.4. The summed E-state index contributed by atoms with van der Waals surface area (Å²) in [6.07, 6.45) is 2.88. The lowest BCUT2D eigenvalue weighted by atomic mass is 9.91. The number of hydrogen-bond donors (Lipinski definition) is 0. The van der Waals surface area contributed by atoms with Crippen molar-refractivity contribution in [3.63, 3.8) is 0 Å². The predicted molar refractivity (Wildman–Crippen MR) is 87.8 cm³/mol. The third-order valence-electron chi connectivity index (χ3n) is 5.06. The van der Waals surface area contributed by atoms with Gasteiger partial charge in [-0.25, -0.2) is 0 Å². The number of piperidine rings is 1. The first-order valence-electron chi connectivity index (χ1n) is 7.87. The standard InChI is InChI=1S/C14H17N5O6/c1-15-9-3-2-4-10(15)8-16(7-9)14-12(18(22)23)5-11(17(20)21)6-13(14)19(24)25/h5-6,9-10H,2-4,7-8H2,1H3. The van der Waals surface area contributed by atoms with Crippen molar-refractivity contribution in [3.05, 3.63) is 42.5 Å². The zero-order chi connectivity index (χ0) is 18.3. The second-order valence-electron chi connectivity index (χ2n) is 6.41. The SMILES string of the molecule is CN1C2CCCC1CN(c1c([N+](=O)[O-])cc([N+](=O)[O-])cc1[N+](=O)[O-])C2. The minimum Gasteiger partial charge on any atom is -0.357 e. The number of rotatable bonds is 4. The van der Waals surface area contributed by atoms with E-state index in [0.717, 1.165) is 31.4 Å². The van der Waals surface area contributed by atoms with E-state index in [9.17, 15) is 30.3 Å². The van der Waals surface area contributed by atoms with E-state index in [1.807, 2.05) is 7.05 Å². The highest BCUT2D eigenvalue weighted by Gasteiger charge is 2.41. The highest BCUT2D eigenvalue weighted by molar-refractivity contribution is 5.78. The van der Waals surface area contributed by atoms with Crippen LogP contribution >= 0.6 is 0 Å². The van der Waals surface area contributed by atoms with Crippen molar-refractivity contribution in [2.75, 3.05) is 25.0 Å². The lowest BCUT2D eigenvalue weighted by Crippen LogP contribution is -2.59. The number of anilines is 1. The van der Waals surface area contributed by atoms with Crippen molar-refractivity contribution in [1.82, 2.24) is 4.90 Å². The maximum Gasteiger partial charge on any atom is 0.306 e. The molecule has 2 unspecified atom stereocenters. The summed E-state index contributed by atoms with van der Waals surface area (Å²) in [6, 6.07) is 1.91. The van der Waals surface area contributed by atoms with E-state index in [1.54, 1.807) is 4.90 Å². The molecule has 11 heteroatoms. The van der Waals surface area contributed by atoms with E-state index >= 15 is 0 Å². The zero-order valence-corrected chi connectivity index (χ0v) is 13.5. The molecule has 0 saturated carbocycles. The molecule has 2 heterocycles. The van der Waals surface area contributed by atoms with Crippen molar-refractivity contribution >= 4 is 22.7 Å². The number of piperazine rings is 1. The molecule has 11 nitrogen and oxygen atoms in total. The summed E-state index contributed by atoms with van der Waals surface area (Å²) in [5.41, 5.74) is -1.98. The Kier molecular flexibility index (Phi) is 4.25. The summed E-state index contributed by atoms with van der Waals surface area (Å²) in [5.74, 6) is 0. The van der Waals surface area contributed by atoms with Gasteiger partial charge in [-0.15, -0.1) is 0 Å². The molecule has 25 heavy (non-hydrogen) atoms. The Bertz CT molecular complexity index is 704. The van der Waals surface area contributed by atoms with Gasteiger partial charge in [0.05, 0.1) is 26.9 Å². The minimum atomic E-state index is -0.859. The van der Waals surface area contributed by atoms with Crippen LogP contribution in [0, 0.1) is 30.3 Å². The molecule has 3 rings (SSSR count). The highest BCUT2D eigenvalue weighted by Crippen LogP contribution is 2.43. The van der Waals surface area contributed by atoms with Crippen LogP contribution in [0.15, 0.2) is 12.1 Å². The van der Waals surface area contributed by atoms with Crippen molar-refractivity contribution in [2.45, 2.75) is 31.3 Å². The monoisotopic (exact) mass is 351 g/mol. The molecule has 0 spiro atoms. The molecule has 2 aliphatic heterocycles. The molecule has 0 N–H and O–H groups in total. The fourth-order valence-electron chi connectivity index (χ4n) is 3.80. The van der Waals surface area contributed by atoms with Gasteiger partial charge in [0.1, 0.15) is 0 Å². The van der Waals surface area contributed by atoms with E-state index < -0.39 is 31.8 Å². The first-order valence-corrected chi connectivity index (χ1v) is 7.87. The van der Waals surface area contributed by atoms with Crippen LogP contribution in [0.5, 0.6) is 0 Å². The van der Waals surface area contributed by atoms with Gasteiger partial charge in [0.2, 0.25) is 0 Å². The summed E-state index contributed by atoms with van der Waals surface area (Å²) in [4.78, 5) is 35.3. The third-order valence-corrected chi connectivity index (χ3v) is 5.06. The number of fused-ring (bicyclic) bond motifs is 2. The fourth-order valence-corrected chi connectivity index (χ4v) is 3.80. The topological polar surface area (TPSA) is 136 Å². The van der Waals surface area contributed by atoms with Crippen molar-refractivity contribution < 1.29 is 14.8 Å². The number of benzene rings is 1. The lowest BCUT2D eigenvalue weighted by Gasteiger charge is -2.48. The molecule has 134 valence electrons. The maximum atomic E-state index is 11.4. The average Bonchev–Trinajstić information content (AvgIpc) is 2.53. The number of hydrogen-bond acceptors (Lipinski definition) is 8. The molecule has 2 atom stereocenters. The number of nitro benzene ring substituents is 3. The number of nitro groups is 3. The summed E-state index contributed by atoms with van der Waals surface area (Å²) in [6.45, 7) is 0.846. The van der Waals surface area contributed by atoms with E-state index in [0.29, 0.717) is 13.1 Å². The second kappa shape index (κ2) is 6.24. The fraction of sp³-hybridized carbons (Fsp3) is 0.571. The van der Waals surface area contributed by atoms with Gasteiger partial charge in [-0.1, -0.05) is 6.42 Å². The summed E-state index contributed by atoms with van der Waals surface area (Å²) < 4.78 is 0. The Morgan fingerprint density at radius 1 is 0.920 bits per heavy atom.